The maximum absolute atomic E-state index is 4.50. The van der Waals surface area contributed by atoms with Crippen molar-refractivity contribution < 1.29 is 0 Å². The molecule has 0 aromatic carbocycles. The van der Waals surface area contributed by atoms with Gasteiger partial charge in [-0.05, 0) is 52.7 Å². The molecule has 0 atom stereocenters. The number of hydrogen-bond donors (Lipinski definition) is 1. The van der Waals surface area contributed by atoms with Gasteiger partial charge in [-0.15, -0.1) is 0 Å². The number of rotatable bonds is 5. The molecule has 1 aliphatic rings. The maximum atomic E-state index is 4.50. The summed E-state index contributed by atoms with van der Waals surface area (Å²) < 4.78 is 1.06. The lowest BCUT2D eigenvalue weighted by Gasteiger charge is -2.42. The molecule has 0 bridgehead atoms. The van der Waals surface area contributed by atoms with Gasteiger partial charge in [0.15, 0.2) is 0 Å². The third-order valence-electron chi connectivity index (χ3n) is 3.64. The molecule has 17 heavy (non-hydrogen) atoms. The van der Waals surface area contributed by atoms with E-state index in [4.69, 9.17) is 0 Å². The monoisotopic (exact) mass is 296 g/mol. The van der Waals surface area contributed by atoms with Gasteiger partial charge in [-0.2, -0.15) is 0 Å². The van der Waals surface area contributed by atoms with Crippen LogP contribution < -0.4 is 5.32 Å². The lowest BCUT2D eigenvalue weighted by Crippen LogP contribution is -2.43. The quantitative estimate of drug-likeness (QED) is 0.899. The van der Waals surface area contributed by atoms with Gasteiger partial charge in [0.05, 0.1) is 0 Å². The van der Waals surface area contributed by atoms with E-state index in [1.807, 2.05) is 6.20 Å². The van der Waals surface area contributed by atoms with E-state index in [2.05, 4.69) is 52.2 Å². The van der Waals surface area contributed by atoms with Gasteiger partial charge in [-0.25, -0.2) is 0 Å². The van der Waals surface area contributed by atoms with Gasteiger partial charge < -0.3 is 5.32 Å². The Labute approximate surface area is 112 Å². The Kier molecular flexibility index (Phi) is 4.21. The average Bonchev–Trinajstić information content (AvgIpc) is 2.24. The van der Waals surface area contributed by atoms with Crippen molar-refractivity contribution in [2.24, 2.45) is 5.41 Å². The molecule has 1 saturated carbocycles. The molecule has 0 saturated heterocycles. The van der Waals surface area contributed by atoms with Gasteiger partial charge in [-0.3, -0.25) is 4.98 Å². The van der Waals surface area contributed by atoms with Crippen LogP contribution in [0.2, 0.25) is 0 Å². The van der Waals surface area contributed by atoms with Crippen LogP contribution in [0.5, 0.6) is 0 Å². The van der Waals surface area contributed by atoms with Gasteiger partial charge in [0.2, 0.25) is 0 Å². The van der Waals surface area contributed by atoms with E-state index >= 15 is 0 Å². The number of nitrogens with zero attached hydrogens (tertiary/aromatic N) is 1. The molecule has 0 aliphatic heterocycles. The smallest absolute Gasteiger partial charge is 0.0413 e. The Balaban J connectivity index is 1.96. The molecule has 1 N–H and O–H groups in total. The second-order valence-corrected chi connectivity index (χ2v) is 6.45. The van der Waals surface area contributed by atoms with Crippen LogP contribution in [-0.2, 0) is 6.42 Å². The molecule has 2 nitrogen and oxygen atoms in total. The number of nitrogens with one attached hydrogen (secondary N) is 1. The summed E-state index contributed by atoms with van der Waals surface area (Å²) in [7, 11) is 0. The fraction of sp³-hybridized carbons (Fsp3) is 0.643. The van der Waals surface area contributed by atoms with E-state index in [0.29, 0.717) is 11.5 Å². The first kappa shape index (κ1) is 13.0. The average molecular weight is 297 g/mol. The van der Waals surface area contributed by atoms with Crippen molar-refractivity contribution in [3.63, 3.8) is 0 Å². The number of pyridine rings is 1. The second-order valence-electron chi connectivity index (χ2n) is 5.53. The highest BCUT2D eigenvalue weighted by Gasteiger charge is 2.37. The van der Waals surface area contributed by atoms with Crippen LogP contribution in [0.15, 0.2) is 22.8 Å². The zero-order chi connectivity index (χ0) is 12.3. The van der Waals surface area contributed by atoms with E-state index in [0.717, 1.165) is 17.4 Å². The summed E-state index contributed by atoms with van der Waals surface area (Å²) in [4.78, 5) is 4.50. The molecule has 94 valence electrons. The largest absolute Gasteiger partial charge is 0.314 e. The van der Waals surface area contributed by atoms with E-state index in [1.54, 1.807) is 0 Å². The fourth-order valence-electron chi connectivity index (χ4n) is 2.41. The van der Waals surface area contributed by atoms with E-state index in [9.17, 15) is 0 Å². The highest BCUT2D eigenvalue weighted by atomic mass is 79.9. The lowest BCUT2D eigenvalue weighted by atomic mass is 9.66. The highest BCUT2D eigenvalue weighted by Crippen LogP contribution is 2.43. The predicted molar refractivity (Wildman–Crippen MR) is 75.1 cm³/mol. The van der Waals surface area contributed by atoms with Gasteiger partial charge in [0.1, 0.15) is 0 Å². The Morgan fingerprint density at radius 2 is 2.18 bits per heavy atom. The molecule has 1 fully saturated rings. The van der Waals surface area contributed by atoms with Gasteiger partial charge >= 0.3 is 0 Å². The summed E-state index contributed by atoms with van der Waals surface area (Å²) in [6.45, 7) is 5.55. The number of hydrogen-bond acceptors (Lipinski definition) is 2. The number of aromatic nitrogens is 1. The fourth-order valence-corrected chi connectivity index (χ4v) is 2.64. The Morgan fingerprint density at radius 3 is 2.65 bits per heavy atom. The molecule has 0 radical (unpaired) electrons. The molecule has 1 aromatic heterocycles. The lowest BCUT2D eigenvalue weighted by molar-refractivity contribution is 0.125. The van der Waals surface area contributed by atoms with Crippen molar-refractivity contribution in [3.05, 3.63) is 28.5 Å². The SMILES string of the molecule is CC(C)NCC1(Cc2ccc(Br)cn2)CCC1. The van der Waals surface area contributed by atoms with Gasteiger partial charge in [0.25, 0.3) is 0 Å². The third kappa shape index (κ3) is 3.52. The van der Waals surface area contributed by atoms with Crippen LogP contribution in [0.25, 0.3) is 0 Å². The first-order valence-corrected chi connectivity index (χ1v) is 7.23. The van der Waals surface area contributed by atoms with Crippen molar-refractivity contribution >= 4 is 15.9 Å². The summed E-state index contributed by atoms with van der Waals surface area (Å²) in [5, 5.41) is 3.58. The predicted octanol–water partition coefficient (Wildman–Crippen LogP) is 3.55. The van der Waals surface area contributed by atoms with Crippen molar-refractivity contribution in [3.8, 4) is 0 Å². The standard InChI is InChI=1S/C14H21BrN2/c1-11(2)17-10-14(6-3-7-14)8-13-5-4-12(15)9-16-13/h4-5,9,11,17H,3,6-8,10H2,1-2H3. The van der Waals surface area contributed by atoms with Crippen LogP contribution >= 0.6 is 15.9 Å². The van der Waals surface area contributed by atoms with Crippen LogP contribution in [0.1, 0.15) is 38.8 Å². The zero-order valence-electron chi connectivity index (χ0n) is 10.7. The van der Waals surface area contributed by atoms with Crippen LogP contribution in [-0.4, -0.2) is 17.6 Å². The molecular formula is C14H21BrN2. The molecule has 0 spiro atoms. The first-order valence-electron chi connectivity index (χ1n) is 6.43. The van der Waals surface area contributed by atoms with Crippen LogP contribution in [0, 0.1) is 5.41 Å². The van der Waals surface area contributed by atoms with E-state index in [1.165, 1.54) is 25.0 Å². The second kappa shape index (κ2) is 5.49. The summed E-state index contributed by atoms with van der Waals surface area (Å²) >= 11 is 3.43. The molecule has 3 heteroatoms. The molecular weight excluding hydrogens is 276 g/mol. The maximum Gasteiger partial charge on any atom is 0.0413 e. The molecule has 1 aromatic rings. The summed E-state index contributed by atoms with van der Waals surface area (Å²) in [5.74, 6) is 0. The van der Waals surface area contributed by atoms with Gasteiger partial charge in [-0.1, -0.05) is 20.3 Å². The number of halogens is 1. The highest BCUT2D eigenvalue weighted by molar-refractivity contribution is 9.10. The van der Waals surface area contributed by atoms with Crippen molar-refractivity contribution in [1.82, 2.24) is 10.3 Å². The minimum atomic E-state index is 0.463. The molecule has 1 aliphatic carbocycles. The summed E-state index contributed by atoms with van der Waals surface area (Å²) in [5.41, 5.74) is 1.68. The molecule has 2 rings (SSSR count). The summed E-state index contributed by atoms with van der Waals surface area (Å²) in [6, 6.07) is 4.80. The molecule has 1 heterocycles. The normalized spacial score (nSPS) is 18.1. The first-order chi connectivity index (χ1) is 8.10. The van der Waals surface area contributed by atoms with E-state index in [-0.39, 0.29) is 0 Å². The zero-order valence-corrected chi connectivity index (χ0v) is 12.3. The third-order valence-corrected chi connectivity index (χ3v) is 4.11. The van der Waals surface area contributed by atoms with Crippen LogP contribution in [0.4, 0.5) is 0 Å². The minimum Gasteiger partial charge on any atom is -0.314 e. The topological polar surface area (TPSA) is 24.9 Å². The van der Waals surface area contributed by atoms with Crippen molar-refractivity contribution in [1.29, 1.82) is 0 Å². The van der Waals surface area contributed by atoms with Crippen LogP contribution in [0.3, 0.4) is 0 Å². The molecule has 0 amide bonds. The Morgan fingerprint density at radius 1 is 1.41 bits per heavy atom. The molecule has 0 unspecified atom stereocenters. The Hall–Kier alpha value is -0.410. The summed E-state index contributed by atoms with van der Waals surface area (Å²) in [6.07, 6.45) is 7.06. The minimum absolute atomic E-state index is 0.463. The van der Waals surface area contributed by atoms with Crippen molar-refractivity contribution in [2.45, 2.75) is 45.6 Å². The van der Waals surface area contributed by atoms with E-state index < -0.39 is 0 Å². The van der Waals surface area contributed by atoms with Gasteiger partial charge in [0, 0.05) is 29.0 Å². The van der Waals surface area contributed by atoms with Crippen molar-refractivity contribution in [2.75, 3.05) is 6.54 Å². The Bertz CT molecular complexity index is 355.